The smallest absolute Gasteiger partial charge is 0.254 e. The predicted octanol–water partition coefficient (Wildman–Crippen LogP) is 2.12. The van der Waals surface area contributed by atoms with E-state index in [1.165, 1.54) is 0 Å². The van der Waals surface area contributed by atoms with Gasteiger partial charge in [-0.25, -0.2) is 0 Å². The summed E-state index contributed by atoms with van der Waals surface area (Å²) in [6.07, 6.45) is 5.05. The fourth-order valence-corrected chi connectivity index (χ4v) is 2.39. The first kappa shape index (κ1) is 14.8. The van der Waals surface area contributed by atoms with Gasteiger partial charge in [-0.15, -0.1) is 0 Å². The van der Waals surface area contributed by atoms with Gasteiger partial charge in [-0.05, 0) is 39.2 Å². The summed E-state index contributed by atoms with van der Waals surface area (Å²) in [5, 5.41) is 6.15. The Kier molecular flexibility index (Phi) is 5.35. The zero-order chi connectivity index (χ0) is 14.4. The summed E-state index contributed by atoms with van der Waals surface area (Å²) in [5.74, 6) is -0.0774. The van der Waals surface area contributed by atoms with Crippen molar-refractivity contribution in [3.8, 4) is 0 Å². The van der Waals surface area contributed by atoms with Crippen LogP contribution >= 0.6 is 0 Å². The summed E-state index contributed by atoms with van der Waals surface area (Å²) >= 11 is 0. The number of aromatic nitrogens is 1. The summed E-state index contributed by atoms with van der Waals surface area (Å²) in [6.45, 7) is 6.20. The number of ether oxygens (including phenoxy) is 1. The average Bonchev–Trinajstić information content (AvgIpc) is 2.92. The molecule has 5 nitrogen and oxygen atoms in total. The van der Waals surface area contributed by atoms with E-state index in [0.717, 1.165) is 43.8 Å². The van der Waals surface area contributed by atoms with Crippen LogP contribution in [-0.2, 0) is 4.74 Å². The third-order valence-electron chi connectivity index (χ3n) is 3.43. The van der Waals surface area contributed by atoms with E-state index in [1.54, 1.807) is 6.20 Å². The highest BCUT2D eigenvalue weighted by Crippen LogP contribution is 2.16. The van der Waals surface area contributed by atoms with E-state index in [0.29, 0.717) is 18.2 Å². The normalized spacial score (nSPS) is 18.0. The van der Waals surface area contributed by atoms with Crippen molar-refractivity contribution in [2.24, 2.45) is 0 Å². The number of hydrogen-bond acceptors (Lipinski definition) is 4. The second kappa shape index (κ2) is 7.24. The van der Waals surface area contributed by atoms with Gasteiger partial charge in [0.2, 0.25) is 0 Å². The van der Waals surface area contributed by atoms with E-state index < -0.39 is 0 Å². The topological polar surface area (TPSA) is 63.2 Å². The number of aryl methyl sites for hydroxylation is 1. The Labute approximate surface area is 120 Å². The summed E-state index contributed by atoms with van der Waals surface area (Å²) in [6, 6.07) is 1.90. The van der Waals surface area contributed by atoms with Crippen molar-refractivity contribution in [1.29, 1.82) is 0 Å². The fourth-order valence-electron chi connectivity index (χ4n) is 2.39. The summed E-state index contributed by atoms with van der Waals surface area (Å²) in [5.41, 5.74) is 2.34. The molecule has 20 heavy (non-hydrogen) atoms. The van der Waals surface area contributed by atoms with Gasteiger partial charge in [-0.2, -0.15) is 0 Å². The highest BCUT2D eigenvalue weighted by Gasteiger charge is 2.16. The Hall–Kier alpha value is -1.62. The SMILES string of the molecule is CCNc1cc(C)ncc1C(=O)NCCC1CCCO1. The van der Waals surface area contributed by atoms with Gasteiger partial charge in [0.25, 0.3) is 5.91 Å². The highest BCUT2D eigenvalue weighted by atomic mass is 16.5. The molecule has 1 aliphatic heterocycles. The molecule has 0 aromatic carbocycles. The maximum atomic E-state index is 12.2. The fraction of sp³-hybridized carbons (Fsp3) is 0.600. The standard InChI is InChI=1S/C15H23N3O2/c1-3-16-14-9-11(2)18-10-13(14)15(19)17-7-6-12-5-4-8-20-12/h9-10,12H,3-8H2,1-2H3,(H,16,18)(H,17,19). The van der Waals surface area contributed by atoms with Gasteiger partial charge >= 0.3 is 0 Å². The third-order valence-corrected chi connectivity index (χ3v) is 3.43. The van der Waals surface area contributed by atoms with Crippen LogP contribution in [0.5, 0.6) is 0 Å². The van der Waals surface area contributed by atoms with Crippen LogP contribution in [0.1, 0.15) is 42.2 Å². The van der Waals surface area contributed by atoms with Crippen LogP contribution in [0.2, 0.25) is 0 Å². The molecular formula is C15H23N3O2. The second-order valence-electron chi connectivity index (χ2n) is 5.08. The van der Waals surface area contributed by atoms with Gasteiger partial charge < -0.3 is 15.4 Å². The summed E-state index contributed by atoms with van der Waals surface area (Å²) < 4.78 is 5.54. The lowest BCUT2D eigenvalue weighted by atomic mass is 10.1. The first-order chi connectivity index (χ1) is 9.70. The van der Waals surface area contributed by atoms with Crippen molar-refractivity contribution in [3.05, 3.63) is 23.5 Å². The zero-order valence-electron chi connectivity index (χ0n) is 12.2. The molecule has 0 aliphatic carbocycles. The van der Waals surface area contributed by atoms with Gasteiger partial charge in [0, 0.05) is 31.6 Å². The Morgan fingerprint density at radius 1 is 1.55 bits per heavy atom. The van der Waals surface area contributed by atoms with Gasteiger partial charge in [0.1, 0.15) is 0 Å². The molecule has 0 bridgehead atoms. The molecule has 2 heterocycles. The number of carbonyl (C=O) groups is 1. The van der Waals surface area contributed by atoms with Crippen LogP contribution in [0, 0.1) is 6.92 Å². The molecule has 1 unspecified atom stereocenters. The molecule has 110 valence electrons. The minimum absolute atomic E-state index is 0.0774. The number of nitrogens with zero attached hydrogens (tertiary/aromatic N) is 1. The number of carbonyl (C=O) groups excluding carboxylic acids is 1. The van der Waals surface area contributed by atoms with Gasteiger partial charge in [-0.1, -0.05) is 0 Å². The molecule has 1 atom stereocenters. The molecular weight excluding hydrogens is 254 g/mol. The monoisotopic (exact) mass is 277 g/mol. The Bertz CT molecular complexity index is 456. The third kappa shape index (κ3) is 3.93. The molecule has 0 spiro atoms. The highest BCUT2D eigenvalue weighted by molar-refractivity contribution is 5.99. The Morgan fingerprint density at radius 3 is 3.10 bits per heavy atom. The number of pyridine rings is 1. The van der Waals surface area contributed by atoms with Crippen molar-refractivity contribution >= 4 is 11.6 Å². The molecule has 1 saturated heterocycles. The minimum Gasteiger partial charge on any atom is -0.385 e. The van der Waals surface area contributed by atoms with E-state index in [-0.39, 0.29) is 5.91 Å². The van der Waals surface area contributed by atoms with E-state index in [9.17, 15) is 4.79 Å². The zero-order valence-corrected chi connectivity index (χ0v) is 12.2. The molecule has 1 aromatic rings. The number of rotatable bonds is 6. The quantitative estimate of drug-likeness (QED) is 0.836. The van der Waals surface area contributed by atoms with Crippen LogP contribution in [-0.4, -0.2) is 36.7 Å². The minimum atomic E-state index is -0.0774. The van der Waals surface area contributed by atoms with Crippen molar-refractivity contribution < 1.29 is 9.53 Å². The van der Waals surface area contributed by atoms with E-state index in [2.05, 4.69) is 15.6 Å². The van der Waals surface area contributed by atoms with Gasteiger partial charge in [-0.3, -0.25) is 9.78 Å². The maximum Gasteiger partial charge on any atom is 0.254 e. The Balaban J connectivity index is 1.90. The molecule has 2 rings (SSSR count). The van der Waals surface area contributed by atoms with Gasteiger partial charge in [0.15, 0.2) is 0 Å². The van der Waals surface area contributed by atoms with Crippen molar-refractivity contribution in [1.82, 2.24) is 10.3 Å². The Morgan fingerprint density at radius 2 is 2.40 bits per heavy atom. The van der Waals surface area contributed by atoms with E-state index in [1.807, 2.05) is 19.9 Å². The largest absolute Gasteiger partial charge is 0.385 e. The van der Waals surface area contributed by atoms with Crippen LogP contribution in [0.3, 0.4) is 0 Å². The molecule has 1 aliphatic rings. The molecule has 2 N–H and O–H groups in total. The van der Waals surface area contributed by atoms with Gasteiger partial charge in [0.05, 0.1) is 17.4 Å². The molecule has 1 fully saturated rings. The number of hydrogen-bond donors (Lipinski definition) is 2. The summed E-state index contributed by atoms with van der Waals surface area (Å²) in [4.78, 5) is 16.4. The van der Waals surface area contributed by atoms with E-state index >= 15 is 0 Å². The lowest BCUT2D eigenvalue weighted by molar-refractivity contribution is 0.0907. The van der Waals surface area contributed by atoms with E-state index in [4.69, 9.17) is 4.74 Å². The molecule has 1 aromatic heterocycles. The average molecular weight is 277 g/mol. The van der Waals surface area contributed by atoms with Crippen molar-refractivity contribution in [3.63, 3.8) is 0 Å². The summed E-state index contributed by atoms with van der Waals surface area (Å²) in [7, 11) is 0. The molecule has 0 radical (unpaired) electrons. The first-order valence-electron chi connectivity index (χ1n) is 7.31. The second-order valence-corrected chi connectivity index (χ2v) is 5.08. The molecule has 5 heteroatoms. The number of anilines is 1. The van der Waals surface area contributed by atoms with Crippen molar-refractivity contribution in [2.45, 2.75) is 39.2 Å². The van der Waals surface area contributed by atoms with Crippen LogP contribution in [0.15, 0.2) is 12.3 Å². The number of nitrogens with one attached hydrogen (secondary N) is 2. The van der Waals surface area contributed by atoms with Crippen LogP contribution in [0.25, 0.3) is 0 Å². The first-order valence-corrected chi connectivity index (χ1v) is 7.31. The number of amides is 1. The predicted molar refractivity (Wildman–Crippen MR) is 79.1 cm³/mol. The van der Waals surface area contributed by atoms with Crippen LogP contribution in [0.4, 0.5) is 5.69 Å². The maximum absolute atomic E-state index is 12.2. The molecule has 0 saturated carbocycles. The lowest BCUT2D eigenvalue weighted by Crippen LogP contribution is -2.28. The van der Waals surface area contributed by atoms with Crippen molar-refractivity contribution in [2.75, 3.05) is 25.0 Å². The lowest BCUT2D eigenvalue weighted by Gasteiger charge is -2.13. The molecule has 1 amide bonds. The van der Waals surface area contributed by atoms with Crippen LogP contribution < -0.4 is 10.6 Å².